The highest BCUT2D eigenvalue weighted by atomic mass is 19.3. The lowest BCUT2D eigenvalue weighted by atomic mass is 10.3. The molecule has 106 valence electrons. The third-order valence-corrected chi connectivity index (χ3v) is 1.68. The van der Waals surface area contributed by atoms with Gasteiger partial charge < -0.3 is 14.6 Å². The summed E-state index contributed by atoms with van der Waals surface area (Å²) < 4.78 is 56.9. The minimum Gasteiger partial charge on any atom is -0.460 e. The molecule has 1 unspecified atom stereocenters. The lowest BCUT2D eigenvalue weighted by Crippen LogP contribution is -2.34. The maximum absolute atomic E-state index is 12.4. The molecule has 0 rings (SSSR count). The highest BCUT2D eigenvalue weighted by Gasteiger charge is 2.41. The molecule has 8 heteroatoms. The number of rotatable bonds is 8. The molecule has 4 nitrogen and oxygen atoms in total. The average Bonchev–Trinajstić information content (AvgIpc) is 2.25. The largest absolute Gasteiger partial charge is 0.460 e. The zero-order chi connectivity index (χ0) is 14.3. The Morgan fingerprint density at radius 2 is 1.94 bits per heavy atom. The molecule has 0 aromatic rings. The number of carbonyl (C=O) groups excluding carboxylic acids is 1. The number of ether oxygens (including phenoxy) is 2. The van der Waals surface area contributed by atoms with E-state index >= 15 is 0 Å². The molecule has 0 fully saturated rings. The maximum Gasteiger partial charge on any atom is 0.333 e. The Morgan fingerprint density at radius 1 is 1.39 bits per heavy atom. The molecule has 0 aromatic heterocycles. The van der Waals surface area contributed by atoms with Crippen LogP contribution in [0.4, 0.5) is 17.6 Å². The van der Waals surface area contributed by atoms with Crippen LogP contribution in [-0.4, -0.2) is 49.3 Å². The first kappa shape index (κ1) is 16.9. The smallest absolute Gasteiger partial charge is 0.333 e. The van der Waals surface area contributed by atoms with Crippen molar-refractivity contribution in [3.05, 3.63) is 12.2 Å². The van der Waals surface area contributed by atoms with Crippen molar-refractivity contribution < 1.29 is 36.9 Å². The Bertz CT molecular complexity index is 294. The predicted octanol–water partition coefficient (Wildman–Crippen LogP) is 1.38. The van der Waals surface area contributed by atoms with Crippen LogP contribution in [0.25, 0.3) is 0 Å². The molecule has 0 aliphatic heterocycles. The van der Waals surface area contributed by atoms with Crippen LogP contribution < -0.4 is 0 Å². The zero-order valence-corrected chi connectivity index (χ0v) is 9.67. The number of halogens is 4. The number of aliphatic hydroxyl groups is 1. The maximum atomic E-state index is 12.4. The van der Waals surface area contributed by atoms with Gasteiger partial charge in [-0.15, -0.1) is 0 Å². The number of carbonyl (C=O) groups is 1. The van der Waals surface area contributed by atoms with Crippen LogP contribution in [0.1, 0.15) is 6.92 Å². The van der Waals surface area contributed by atoms with E-state index in [2.05, 4.69) is 16.1 Å². The van der Waals surface area contributed by atoms with Gasteiger partial charge in [-0.1, -0.05) is 6.58 Å². The Kier molecular flexibility index (Phi) is 6.85. The van der Waals surface area contributed by atoms with E-state index in [9.17, 15) is 22.4 Å². The Balaban J connectivity index is 3.81. The zero-order valence-electron chi connectivity index (χ0n) is 9.67. The third kappa shape index (κ3) is 6.55. The quantitative estimate of drug-likeness (QED) is 0.413. The summed E-state index contributed by atoms with van der Waals surface area (Å²) in [4.78, 5) is 10.9. The van der Waals surface area contributed by atoms with Gasteiger partial charge in [0.15, 0.2) is 0 Å². The van der Waals surface area contributed by atoms with E-state index in [1.54, 1.807) is 0 Å². The van der Waals surface area contributed by atoms with Gasteiger partial charge in [-0.2, -0.15) is 8.78 Å². The topological polar surface area (TPSA) is 55.8 Å². The predicted molar refractivity (Wildman–Crippen MR) is 53.5 cm³/mol. The minimum absolute atomic E-state index is 0.104. The van der Waals surface area contributed by atoms with Crippen molar-refractivity contribution in [1.29, 1.82) is 0 Å². The molecular formula is C10H14F4O4. The molecule has 1 N–H and O–H groups in total. The summed E-state index contributed by atoms with van der Waals surface area (Å²) in [6, 6.07) is 0. The summed E-state index contributed by atoms with van der Waals surface area (Å²) in [6.45, 7) is 2.00. The number of hydrogen-bond donors (Lipinski definition) is 1. The fourth-order valence-electron chi connectivity index (χ4n) is 0.737. The van der Waals surface area contributed by atoms with Crippen molar-refractivity contribution in [2.24, 2.45) is 0 Å². The van der Waals surface area contributed by atoms with Gasteiger partial charge >= 0.3 is 18.3 Å². The van der Waals surface area contributed by atoms with Crippen molar-refractivity contribution in [3.63, 3.8) is 0 Å². The number of aliphatic hydroxyl groups excluding tert-OH is 1. The van der Waals surface area contributed by atoms with E-state index in [4.69, 9.17) is 5.11 Å². The molecular weight excluding hydrogens is 260 g/mol. The van der Waals surface area contributed by atoms with Crippen LogP contribution in [0.5, 0.6) is 0 Å². The van der Waals surface area contributed by atoms with E-state index in [0.717, 1.165) is 0 Å². The van der Waals surface area contributed by atoms with Crippen LogP contribution in [-0.2, 0) is 14.3 Å². The van der Waals surface area contributed by atoms with E-state index in [0.29, 0.717) is 0 Å². The van der Waals surface area contributed by atoms with Gasteiger partial charge in [-0.05, 0) is 6.92 Å². The van der Waals surface area contributed by atoms with Crippen LogP contribution in [0.15, 0.2) is 12.2 Å². The summed E-state index contributed by atoms with van der Waals surface area (Å²) in [5, 5.41) is 9.15. The standard InChI is InChI=1S/C10H14F4O4/c1-6(2)8(16)18-4-7(15)3-17-5-10(13,14)9(11)12/h7,9,15H,1,3-5H2,2H3. The van der Waals surface area contributed by atoms with E-state index in [-0.39, 0.29) is 5.57 Å². The molecule has 0 bridgehead atoms. The molecule has 0 aliphatic rings. The molecule has 0 saturated carbocycles. The molecule has 0 aromatic carbocycles. The van der Waals surface area contributed by atoms with Crippen LogP contribution in [0, 0.1) is 0 Å². The van der Waals surface area contributed by atoms with Crippen molar-refractivity contribution in [2.45, 2.75) is 25.4 Å². The molecule has 0 amide bonds. The van der Waals surface area contributed by atoms with Crippen molar-refractivity contribution in [2.75, 3.05) is 19.8 Å². The summed E-state index contributed by atoms with van der Waals surface area (Å²) in [7, 11) is 0. The number of alkyl halides is 4. The highest BCUT2D eigenvalue weighted by Crippen LogP contribution is 2.22. The number of hydrogen-bond acceptors (Lipinski definition) is 4. The first-order valence-electron chi connectivity index (χ1n) is 4.91. The fourth-order valence-corrected chi connectivity index (χ4v) is 0.737. The fraction of sp³-hybridized carbons (Fsp3) is 0.700. The summed E-state index contributed by atoms with van der Waals surface area (Å²) in [5.74, 6) is -5.03. The Hall–Kier alpha value is -1.15. The molecule has 0 aliphatic carbocycles. The summed E-state index contributed by atoms with van der Waals surface area (Å²) in [5.41, 5.74) is 0.104. The normalized spacial score (nSPS) is 13.5. The van der Waals surface area contributed by atoms with Gasteiger partial charge in [-0.3, -0.25) is 0 Å². The second-order valence-electron chi connectivity index (χ2n) is 3.61. The lowest BCUT2D eigenvalue weighted by Gasteiger charge is -2.17. The molecule has 0 saturated heterocycles. The first-order valence-corrected chi connectivity index (χ1v) is 4.91. The van der Waals surface area contributed by atoms with Gasteiger partial charge in [0.1, 0.15) is 19.3 Å². The summed E-state index contributed by atoms with van der Waals surface area (Å²) >= 11 is 0. The highest BCUT2D eigenvalue weighted by molar-refractivity contribution is 5.86. The molecule has 0 heterocycles. The SMILES string of the molecule is C=C(C)C(=O)OCC(O)COCC(F)(F)C(F)F. The lowest BCUT2D eigenvalue weighted by molar-refractivity contribution is -0.173. The third-order valence-electron chi connectivity index (χ3n) is 1.68. The van der Waals surface area contributed by atoms with Crippen molar-refractivity contribution in [3.8, 4) is 0 Å². The van der Waals surface area contributed by atoms with Crippen LogP contribution in [0.3, 0.4) is 0 Å². The summed E-state index contributed by atoms with van der Waals surface area (Å²) in [6.07, 6.45) is -5.21. The first-order chi connectivity index (χ1) is 8.16. The van der Waals surface area contributed by atoms with Gasteiger partial charge in [0.2, 0.25) is 0 Å². The van der Waals surface area contributed by atoms with Crippen LogP contribution >= 0.6 is 0 Å². The molecule has 18 heavy (non-hydrogen) atoms. The van der Waals surface area contributed by atoms with E-state index < -0.39 is 44.2 Å². The second-order valence-corrected chi connectivity index (χ2v) is 3.61. The molecule has 0 spiro atoms. The van der Waals surface area contributed by atoms with Gasteiger partial charge in [0, 0.05) is 5.57 Å². The van der Waals surface area contributed by atoms with Gasteiger partial charge in [-0.25, -0.2) is 13.6 Å². The van der Waals surface area contributed by atoms with Gasteiger partial charge in [0.25, 0.3) is 0 Å². The van der Waals surface area contributed by atoms with E-state index in [1.807, 2.05) is 0 Å². The van der Waals surface area contributed by atoms with Crippen LogP contribution in [0.2, 0.25) is 0 Å². The Morgan fingerprint density at radius 3 is 2.39 bits per heavy atom. The Labute approximate surface area is 101 Å². The van der Waals surface area contributed by atoms with Crippen molar-refractivity contribution >= 4 is 5.97 Å². The monoisotopic (exact) mass is 274 g/mol. The number of esters is 1. The minimum atomic E-state index is -4.27. The molecule has 0 radical (unpaired) electrons. The van der Waals surface area contributed by atoms with Crippen molar-refractivity contribution in [1.82, 2.24) is 0 Å². The van der Waals surface area contributed by atoms with E-state index in [1.165, 1.54) is 6.92 Å². The van der Waals surface area contributed by atoms with Gasteiger partial charge in [0.05, 0.1) is 6.61 Å². The average molecular weight is 274 g/mol. The molecule has 1 atom stereocenters. The second kappa shape index (κ2) is 7.32.